The van der Waals surface area contributed by atoms with E-state index in [1.165, 1.54) is 6.07 Å². The van der Waals surface area contributed by atoms with Crippen LogP contribution in [0.1, 0.15) is 30.4 Å². The lowest BCUT2D eigenvalue weighted by atomic mass is 10.0. The van der Waals surface area contributed by atoms with Crippen LogP contribution >= 0.6 is 23.2 Å². The Morgan fingerprint density at radius 3 is 2.48 bits per heavy atom. The summed E-state index contributed by atoms with van der Waals surface area (Å²) in [6, 6.07) is 7.67. The molecule has 0 unspecified atom stereocenters. The fourth-order valence-corrected chi connectivity index (χ4v) is 3.77. The number of piperidine rings is 1. The van der Waals surface area contributed by atoms with E-state index < -0.39 is 11.7 Å². The molecule has 156 valence electrons. The molecule has 1 saturated heterocycles. The van der Waals surface area contributed by atoms with Crippen LogP contribution in [0, 0.1) is 0 Å². The van der Waals surface area contributed by atoms with Crippen molar-refractivity contribution in [2.24, 2.45) is 0 Å². The molecule has 1 aliphatic rings. The molecular weight excluding hydrogens is 426 g/mol. The number of amides is 1. The quantitative estimate of drug-likeness (QED) is 0.693. The average Bonchev–Trinajstić information content (AvgIpc) is 2.67. The number of aryl methyl sites for hydroxylation is 1. The molecule has 1 aliphatic heterocycles. The third-order valence-electron chi connectivity index (χ3n) is 4.90. The van der Waals surface area contributed by atoms with Crippen LogP contribution in [0.15, 0.2) is 36.5 Å². The number of hydrogen-bond donors (Lipinski definition) is 1. The van der Waals surface area contributed by atoms with Crippen LogP contribution in [0.4, 0.5) is 19.0 Å². The zero-order chi connectivity index (χ0) is 21.0. The van der Waals surface area contributed by atoms with Gasteiger partial charge in [0, 0.05) is 41.8 Å². The summed E-state index contributed by atoms with van der Waals surface area (Å²) < 4.78 is 37.9. The minimum absolute atomic E-state index is 0.0360. The van der Waals surface area contributed by atoms with Gasteiger partial charge in [-0.15, -0.1) is 0 Å². The van der Waals surface area contributed by atoms with Crippen LogP contribution < -0.4 is 10.2 Å². The molecule has 0 spiro atoms. The molecule has 1 fully saturated rings. The fourth-order valence-electron chi connectivity index (χ4n) is 3.27. The van der Waals surface area contributed by atoms with Gasteiger partial charge in [-0.1, -0.05) is 29.3 Å². The Labute approximate surface area is 177 Å². The van der Waals surface area contributed by atoms with Crippen molar-refractivity contribution < 1.29 is 18.0 Å². The van der Waals surface area contributed by atoms with E-state index in [-0.39, 0.29) is 11.9 Å². The second kappa shape index (κ2) is 9.22. The van der Waals surface area contributed by atoms with Gasteiger partial charge >= 0.3 is 6.18 Å². The monoisotopic (exact) mass is 445 g/mol. The maximum absolute atomic E-state index is 12.6. The van der Waals surface area contributed by atoms with Gasteiger partial charge in [0.1, 0.15) is 5.82 Å². The first-order valence-corrected chi connectivity index (χ1v) is 9.99. The predicted octanol–water partition coefficient (Wildman–Crippen LogP) is 5.13. The van der Waals surface area contributed by atoms with Gasteiger partial charge in [0.25, 0.3) is 0 Å². The molecule has 4 nitrogen and oxygen atoms in total. The van der Waals surface area contributed by atoms with Crippen LogP contribution in [-0.4, -0.2) is 30.0 Å². The molecule has 1 aromatic heterocycles. The van der Waals surface area contributed by atoms with Crippen molar-refractivity contribution in [2.45, 2.75) is 37.9 Å². The maximum Gasteiger partial charge on any atom is 0.417 e. The summed E-state index contributed by atoms with van der Waals surface area (Å²) in [5.41, 5.74) is 0.110. The third kappa shape index (κ3) is 6.00. The standard InChI is InChI=1S/C20H20Cl2F3N3O/c21-15-4-1-13(17(22)11-15)2-6-19(29)27-16-7-9-28(10-8-16)18-5-3-14(12-26-18)20(23,24)25/h1,3-5,11-12,16H,2,6-10H2,(H,27,29). The van der Waals surface area contributed by atoms with Gasteiger partial charge in [-0.2, -0.15) is 13.2 Å². The Balaban J connectivity index is 1.45. The zero-order valence-corrected chi connectivity index (χ0v) is 17.0. The highest BCUT2D eigenvalue weighted by atomic mass is 35.5. The number of pyridine rings is 1. The molecule has 1 amide bonds. The molecule has 1 aromatic carbocycles. The van der Waals surface area contributed by atoms with E-state index in [0.717, 1.165) is 17.8 Å². The Morgan fingerprint density at radius 1 is 1.17 bits per heavy atom. The van der Waals surface area contributed by atoms with Gasteiger partial charge in [0.05, 0.1) is 5.56 Å². The Hall–Kier alpha value is -1.99. The number of benzene rings is 1. The van der Waals surface area contributed by atoms with E-state index in [9.17, 15) is 18.0 Å². The van der Waals surface area contributed by atoms with Gasteiger partial charge in [-0.3, -0.25) is 4.79 Å². The molecule has 2 heterocycles. The van der Waals surface area contributed by atoms with E-state index in [1.54, 1.807) is 12.1 Å². The van der Waals surface area contributed by atoms with Crippen molar-refractivity contribution in [3.8, 4) is 0 Å². The van der Waals surface area contributed by atoms with Crippen molar-refractivity contribution in [1.82, 2.24) is 10.3 Å². The molecule has 0 bridgehead atoms. The van der Waals surface area contributed by atoms with Crippen LogP contribution in [0.25, 0.3) is 0 Å². The minimum atomic E-state index is -4.39. The molecule has 29 heavy (non-hydrogen) atoms. The Morgan fingerprint density at radius 2 is 1.90 bits per heavy atom. The molecule has 0 atom stereocenters. The summed E-state index contributed by atoms with van der Waals surface area (Å²) in [6.45, 7) is 1.23. The molecule has 2 aromatic rings. The second-order valence-corrected chi connectivity index (χ2v) is 7.81. The van der Waals surface area contributed by atoms with Crippen molar-refractivity contribution in [3.63, 3.8) is 0 Å². The van der Waals surface area contributed by atoms with E-state index >= 15 is 0 Å². The predicted molar refractivity (Wildman–Crippen MR) is 107 cm³/mol. The van der Waals surface area contributed by atoms with Gasteiger partial charge in [0.15, 0.2) is 0 Å². The zero-order valence-electron chi connectivity index (χ0n) is 15.5. The number of hydrogen-bond acceptors (Lipinski definition) is 3. The van der Waals surface area contributed by atoms with E-state index in [4.69, 9.17) is 23.2 Å². The van der Waals surface area contributed by atoms with Gasteiger partial charge in [-0.25, -0.2) is 4.98 Å². The van der Waals surface area contributed by atoms with Gasteiger partial charge in [-0.05, 0) is 49.1 Å². The molecule has 0 aliphatic carbocycles. The second-order valence-electron chi connectivity index (χ2n) is 6.97. The Bertz CT molecular complexity index is 851. The lowest BCUT2D eigenvalue weighted by molar-refractivity contribution is -0.137. The summed E-state index contributed by atoms with van der Waals surface area (Å²) in [5.74, 6) is 0.460. The number of rotatable bonds is 5. The third-order valence-corrected chi connectivity index (χ3v) is 5.48. The molecule has 0 radical (unpaired) electrons. The summed E-state index contributed by atoms with van der Waals surface area (Å²) in [7, 11) is 0. The normalized spacial score (nSPS) is 15.4. The van der Waals surface area contributed by atoms with Crippen LogP contribution in [0.3, 0.4) is 0 Å². The molecule has 0 saturated carbocycles. The summed E-state index contributed by atoms with van der Waals surface area (Å²) in [4.78, 5) is 18.1. The molecule has 9 heteroatoms. The number of aromatic nitrogens is 1. The highest BCUT2D eigenvalue weighted by Gasteiger charge is 2.31. The van der Waals surface area contributed by atoms with E-state index in [0.29, 0.717) is 54.6 Å². The summed E-state index contributed by atoms with van der Waals surface area (Å²) in [5, 5.41) is 4.11. The van der Waals surface area contributed by atoms with Gasteiger partial charge < -0.3 is 10.2 Å². The van der Waals surface area contributed by atoms with Crippen LogP contribution in [0.5, 0.6) is 0 Å². The summed E-state index contributed by atoms with van der Waals surface area (Å²) in [6.07, 6.45) is -1.28. The van der Waals surface area contributed by atoms with E-state index in [2.05, 4.69) is 10.3 Å². The largest absolute Gasteiger partial charge is 0.417 e. The lowest BCUT2D eigenvalue weighted by Gasteiger charge is -2.33. The first kappa shape index (κ1) is 21.7. The number of carbonyl (C=O) groups excluding carboxylic acids is 1. The Kier molecular flexibility index (Phi) is 6.90. The van der Waals surface area contributed by atoms with Crippen LogP contribution in [-0.2, 0) is 17.4 Å². The molecular formula is C20H20Cl2F3N3O. The van der Waals surface area contributed by atoms with E-state index in [1.807, 2.05) is 11.0 Å². The van der Waals surface area contributed by atoms with Crippen LogP contribution in [0.2, 0.25) is 10.0 Å². The summed E-state index contributed by atoms with van der Waals surface area (Å²) >= 11 is 12.0. The molecule has 1 N–H and O–H groups in total. The van der Waals surface area contributed by atoms with Crippen molar-refractivity contribution in [1.29, 1.82) is 0 Å². The van der Waals surface area contributed by atoms with Crippen molar-refractivity contribution >= 4 is 34.9 Å². The smallest absolute Gasteiger partial charge is 0.356 e. The highest BCUT2D eigenvalue weighted by Crippen LogP contribution is 2.30. The topological polar surface area (TPSA) is 45.2 Å². The average molecular weight is 446 g/mol. The highest BCUT2D eigenvalue weighted by molar-refractivity contribution is 6.35. The first-order chi connectivity index (χ1) is 13.7. The molecule has 3 rings (SSSR count). The number of anilines is 1. The first-order valence-electron chi connectivity index (χ1n) is 9.24. The maximum atomic E-state index is 12.6. The lowest BCUT2D eigenvalue weighted by Crippen LogP contribution is -2.45. The number of halogens is 5. The number of alkyl halides is 3. The van der Waals surface area contributed by atoms with Gasteiger partial charge in [0.2, 0.25) is 5.91 Å². The van der Waals surface area contributed by atoms with Crippen molar-refractivity contribution in [2.75, 3.05) is 18.0 Å². The van der Waals surface area contributed by atoms with Crippen molar-refractivity contribution in [3.05, 3.63) is 57.7 Å². The SMILES string of the molecule is O=C(CCc1ccc(Cl)cc1Cl)NC1CCN(c2ccc(C(F)(F)F)cn2)CC1. The minimum Gasteiger partial charge on any atom is -0.356 e. The fraction of sp³-hybridized carbons (Fsp3) is 0.400. The number of nitrogens with zero attached hydrogens (tertiary/aromatic N) is 2. The number of nitrogens with one attached hydrogen (secondary N) is 1. The number of carbonyl (C=O) groups is 1.